The van der Waals surface area contributed by atoms with Crippen molar-refractivity contribution in [2.24, 2.45) is 0 Å². The van der Waals surface area contributed by atoms with Gasteiger partial charge in [0.25, 0.3) is 0 Å². The van der Waals surface area contributed by atoms with Crippen molar-refractivity contribution in [2.45, 2.75) is 6.92 Å². The Balaban J connectivity index is 2.23. The highest BCUT2D eigenvalue weighted by molar-refractivity contribution is 9.11. The zero-order valence-electron chi connectivity index (χ0n) is 13.0. The fourth-order valence-corrected chi connectivity index (χ4v) is 3.95. The van der Waals surface area contributed by atoms with Crippen molar-refractivity contribution in [3.8, 4) is 22.8 Å². The summed E-state index contributed by atoms with van der Waals surface area (Å²) in [5.41, 5.74) is 0.656. The van der Waals surface area contributed by atoms with Gasteiger partial charge in [-0.15, -0.1) is 0 Å². The minimum atomic E-state index is -4.70. The molecule has 0 aliphatic rings. The van der Waals surface area contributed by atoms with Crippen molar-refractivity contribution in [1.29, 1.82) is 0 Å². The maximum absolute atomic E-state index is 12.7. The zero-order valence-corrected chi connectivity index (χ0v) is 17.0. The number of phenols is 1. The maximum atomic E-state index is 12.7. The third kappa shape index (κ3) is 3.63. The molecule has 136 valence electrons. The lowest BCUT2D eigenvalue weighted by Gasteiger charge is -2.10. The second kappa shape index (κ2) is 6.69. The van der Waals surface area contributed by atoms with Crippen LogP contribution in [-0.2, 0) is 10.4 Å². The van der Waals surface area contributed by atoms with Gasteiger partial charge in [0, 0.05) is 11.1 Å². The average molecular weight is 506 g/mol. The summed E-state index contributed by atoms with van der Waals surface area (Å²) >= 11 is 6.46. The van der Waals surface area contributed by atoms with Gasteiger partial charge in [-0.05, 0) is 69.1 Å². The summed E-state index contributed by atoms with van der Waals surface area (Å²) in [6, 6.07) is 7.00. The molecule has 3 aromatic rings. The van der Waals surface area contributed by atoms with Crippen LogP contribution in [0, 0.1) is 6.92 Å². The number of hydrogen-bond acceptors (Lipinski definition) is 6. The van der Waals surface area contributed by atoms with Crippen molar-refractivity contribution in [3.05, 3.63) is 55.1 Å². The van der Waals surface area contributed by atoms with E-state index in [9.17, 15) is 18.3 Å². The SMILES string of the molecule is Cc1c(-c2cc(Br)c(O)c(Br)c2)oc2ccc(OS(=O)(=O)O)cc2c1=O. The summed E-state index contributed by atoms with van der Waals surface area (Å²) in [7, 11) is -4.70. The van der Waals surface area contributed by atoms with Crippen LogP contribution in [0.25, 0.3) is 22.3 Å². The maximum Gasteiger partial charge on any atom is 0.446 e. The first-order valence-electron chi connectivity index (χ1n) is 6.99. The summed E-state index contributed by atoms with van der Waals surface area (Å²) in [4.78, 5) is 12.7. The summed E-state index contributed by atoms with van der Waals surface area (Å²) in [5, 5.41) is 9.93. The Morgan fingerprint density at radius 2 is 1.73 bits per heavy atom. The van der Waals surface area contributed by atoms with Gasteiger partial charge in [0.1, 0.15) is 22.8 Å². The molecule has 0 saturated carbocycles. The molecular formula is C16H10Br2O7S. The van der Waals surface area contributed by atoms with Crippen molar-refractivity contribution in [1.82, 2.24) is 0 Å². The summed E-state index contributed by atoms with van der Waals surface area (Å²) in [6.07, 6.45) is 0. The van der Waals surface area contributed by atoms with Gasteiger partial charge in [-0.3, -0.25) is 9.35 Å². The molecule has 0 bridgehead atoms. The predicted octanol–water partition coefficient (Wildman–Crippen LogP) is 4.18. The van der Waals surface area contributed by atoms with E-state index in [0.717, 1.165) is 0 Å². The Hall–Kier alpha value is -1.88. The van der Waals surface area contributed by atoms with E-state index in [0.29, 0.717) is 20.3 Å². The predicted molar refractivity (Wildman–Crippen MR) is 102 cm³/mol. The minimum absolute atomic E-state index is 0.0153. The molecule has 0 unspecified atom stereocenters. The number of hydrogen-bond donors (Lipinski definition) is 2. The third-order valence-electron chi connectivity index (χ3n) is 3.57. The molecule has 0 spiro atoms. The summed E-state index contributed by atoms with van der Waals surface area (Å²) < 4.78 is 41.4. The molecule has 0 radical (unpaired) electrons. The lowest BCUT2D eigenvalue weighted by Crippen LogP contribution is -2.09. The number of fused-ring (bicyclic) bond motifs is 1. The molecular weight excluding hydrogens is 496 g/mol. The molecule has 0 amide bonds. The van der Waals surface area contributed by atoms with Gasteiger partial charge in [-0.1, -0.05) is 0 Å². The van der Waals surface area contributed by atoms with E-state index in [-0.39, 0.29) is 33.5 Å². The van der Waals surface area contributed by atoms with E-state index < -0.39 is 10.4 Å². The lowest BCUT2D eigenvalue weighted by atomic mass is 10.1. The summed E-state index contributed by atoms with van der Waals surface area (Å²) in [5.74, 6) is 0.100. The topological polar surface area (TPSA) is 114 Å². The van der Waals surface area contributed by atoms with Gasteiger partial charge >= 0.3 is 10.4 Å². The van der Waals surface area contributed by atoms with Crippen LogP contribution in [0.2, 0.25) is 0 Å². The van der Waals surface area contributed by atoms with Crippen LogP contribution in [0.3, 0.4) is 0 Å². The van der Waals surface area contributed by atoms with E-state index in [1.54, 1.807) is 19.1 Å². The molecule has 0 aliphatic carbocycles. The van der Waals surface area contributed by atoms with Crippen LogP contribution >= 0.6 is 31.9 Å². The van der Waals surface area contributed by atoms with Crippen LogP contribution in [0.15, 0.2) is 48.5 Å². The van der Waals surface area contributed by atoms with Crippen LogP contribution in [0.4, 0.5) is 0 Å². The van der Waals surface area contributed by atoms with E-state index in [4.69, 9.17) is 8.97 Å². The first-order chi connectivity index (χ1) is 12.1. The lowest BCUT2D eigenvalue weighted by molar-refractivity contribution is 0.387. The molecule has 1 aromatic heterocycles. The molecule has 3 rings (SSSR count). The number of aromatic hydroxyl groups is 1. The van der Waals surface area contributed by atoms with E-state index >= 15 is 0 Å². The second-order valence-corrected chi connectivity index (χ2v) is 8.07. The van der Waals surface area contributed by atoms with Gasteiger partial charge in [-0.2, -0.15) is 8.42 Å². The molecule has 10 heteroatoms. The van der Waals surface area contributed by atoms with Gasteiger partial charge in [-0.25, -0.2) is 0 Å². The Morgan fingerprint density at radius 3 is 2.31 bits per heavy atom. The van der Waals surface area contributed by atoms with Crippen LogP contribution in [0.1, 0.15) is 5.56 Å². The smallest absolute Gasteiger partial charge is 0.446 e. The van der Waals surface area contributed by atoms with E-state index in [1.807, 2.05) is 0 Å². The second-order valence-electron chi connectivity index (χ2n) is 5.34. The van der Waals surface area contributed by atoms with Gasteiger partial charge in [0.05, 0.1) is 14.3 Å². The number of rotatable bonds is 3. The van der Waals surface area contributed by atoms with E-state index in [2.05, 4.69) is 36.0 Å². The van der Waals surface area contributed by atoms with Crippen LogP contribution < -0.4 is 9.61 Å². The first-order valence-corrected chi connectivity index (χ1v) is 9.94. The standard InChI is InChI=1S/C16H10Br2O7S/c1-7-14(19)10-6-9(25-26(21,22)23)2-3-13(10)24-16(7)8-4-11(17)15(20)12(18)5-8/h2-6,20H,1H3,(H,21,22,23). The highest BCUT2D eigenvalue weighted by atomic mass is 79.9. The number of phenolic OH excluding ortho intramolecular Hbond substituents is 1. The molecule has 0 fully saturated rings. The fraction of sp³-hybridized carbons (Fsp3) is 0.0625. The molecule has 26 heavy (non-hydrogen) atoms. The van der Waals surface area contributed by atoms with Crippen LogP contribution in [0.5, 0.6) is 11.5 Å². The van der Waals surface area contributed by atoms with Gasteiger partial charge < -0.3 is 13.7 Å². The molecule has 1 heterocycles. The summed E-state index contributed by atoms with van der Waals surface area (Å²) in [6.45, 7) is 1.56. The highest BCUT2D eigenvalue weighted by Gasteiger charge is 2.17. The average Bonchev–Trinajstić information content (AvgIpc) is 2.54. The molecule has 0 saturated heterocycles. The Bertz CT molecular complexity index is 1180. The quantitative estimate of drug-likeness (QED) is 0.513. The van der Waals surface area contributed by atoms with Crippen molar-refractivity contribution in [3.63, 3.8) is 0 Å². The third-order valence-corrected chi connectivity index (χ3v) is 5.18. The Labute approximate surface area is 164 Å². The molecule has 0 atom stereocenters. The molecule has 0 aliphatic heterocycles. The fourth-order valence-electron chi connectivity index (χ4n) is 2.41. The molecule has 2 N–H and O–H groups in total. The van der Waals surface area contributed by atoms with Crippen LogP contribution in [-0.4, -0.2) is 18.1 Å². The molecule has 2 aromatic carbocycles. The zero-order chi connectivity index (χ0) is 19.2. The molecule has 7 nitrogen and oxygen atoms in total. The largest absolute Gasteiger partial charge is 0.506 e. The normalized spacial score (nSPS) is 11.7. The minimum Gasteiger partial charge on any atom is -0.506 e. The Morgan fingerprint density at radius 1 is 1.12 bits per heavy atom. The van der Waals surface area contributed by atoms with Crippen molar-refractivity contribution < 1.29 is 26.7 Å². The highest BCUT2D eigenvalue weighted by Crippen LogP contribution is 2.38. The first kappa shape index (κ1) is 18.9. The van der Waals surface area contributed by atoms with Gasteiger partial charge in [0.15, 0.2) is 5.43 Å². The van der Waals surface area contributed by atoms with Crippen molar-refractivity contribution >= 4 is 53.2 Å². The number of benzene rings is 2. The Kier molecular flexibility index (Phi) is 4.86. The number of halogens is 2. The van der Waals surface area contributed by atoms with Gasteiger partial charge in [0.2, 0.25) is 0 Å². The monoisotopic (exact) mass is 504 g/mol. The van der Waals surface area contributed by atoms with E-state index in [1.165, 1.54) is 18.2 Å². The van der Waals surface area contributed by atoms with Crippen molar-refractivity contribution in [2.75, 3.05) is 0 Å².